The van der Waals surface area contributed by atoms with E-state index in [1.807, 2.05) is 61.5 Å². The smallest absolute Gasteiger partial charge is 0.311 e. The van der Waals surface area contributed by atoms with Crippen LogP contribution in [-0.2, 0) is 9.53 Å². The van der Waals surface area contributed by atoms with Gasteiger partial charge in [-0.05, 0) is 12.1 Å². The van der Waals surface area contributed by atoms with Gasteiger partial charge < -0.3 is 9.15 Å². The number of carbonyl (C=O) groups is 1. The van der Waals surface area contributed by atoms with Crippen molar-refractivity contribution in [1.82, 2.24) is 4.98 Å². The highest BCUT2D eigenvalue weighted by Gasteiger charge is 2.31. The van der Waals surface area contributed by atoms with Gasteiger partial charge in [-0.25, -0.2) is 4.98 Å². The number of aromatic nitrogens is 1. The van der Waals surface area contributed by atoms with Gasteiger partial charge in [0.2, 0.25) is 5.89 Å². The van der Waals surface area contributed by atoms with Crippen LogP contribution in [0.5, 0.6) is 0 Å². The Hall–Kier alpha value is -2.88. The fourth-order valence-electron chi connectivity index (χ4n) is 2.89. The van der Waals surface area contributed by atoms with E-state index in [0.717, 1.165) is 22.2 Å². The first-order valence-corrected chi connectivity index (χ1v) is 7.58. The van der Waals surface area contributed by atoms with Crippen LogP contribution in [0.15, 0.2) is 59.0 Å². The second-order valence-corrected chi connectivity index (χ2v) is 5.67. The summed E-state index contributed by atoms with van der Waals surface area (Å²) in [5.41, 5.74) is 3.22. The van der Waals surface area contributed by atoms with Crippen LogP contribution in [0.4, 0.5) is 0 Å². The second-order valence-electron chi connectivity index (χ2n) is 5.67. The Bertz CT molecular complexity index is 876. The number of esters is 1. The highest BCUT2D eigenvalue weighted by molar-refractivity contribution is 5.96. The number of allylic oxidation sites excluding steroid dienone is 1. The first-order chi connectivity index (χ1) is 11.2. The highest BCUT2D eigenvalue weighted by atomic mass is 16.5. The van der Waals surface area contributed by atoms with Crippen molar-refractivity contribution >= 4 is 28.4 Å². The van der Waals surface area contributed by atoms with E-state index in [2.05, 4.69) is 4.98 Å². The molecule has 0 radical (unpaired) electrons. The van der Waals surface area contributed by atoms with Crippen molar-refractivity contribution in [2.24, 2.45) is 5.92 Å². The molecule has 0 saturated carbocycles. The molecule has 4 nitrogen and oxygen atoms in total. The molecule has 114 valence electrons. The number of carbonyl (C=O) groups excluding carboxylic acids is 1. The molecule has 3 aromatic rings. The number of hydrogen-bond donors (Lipinski definition) is 0. The van der Waals surface area contributed by atoms with Crippen LogP contribution in [-0.4, -0.2) is 11.0 Å². The zero-order valence-corrected chi connectivity index (χ0v) is 12.7. The van der Waals surface area contributed by atoms with Crippen LogP contribution < -0.4 is 0 Å². The average molecular weight is 305 g/mol. The maximum absolute atomic E-state index is 11.9. The summed E-state index contributed by atoms with van der Waals surface area (Å²) in [7, 11) is 0. The maximum atomic E-state index is 11.9. The minimum Gasteiger partial charge on any atom is -0.436 e. The minimum atomic E-state index is -0.226. The molecule has 1 atom stereocenters. The van der Waals surface area contributed by atoms with Gasteiger partial charge in [-0.1, -0.05) is 49.4 Å². The van der Waals surface area contributed by atoms with Crippen molar-refractivity contribution in [1.29, 1.82) is 0 Å². The Balaban J connectivity index is 1.94. The van der Waals surface area contributed by atoms with Crippen LogP contribution in [0.3, 0.4) is 0 Å². The van der Waals surface area contributed by atoms with E-state index in [0.29, 0.717) is 18.1 Å². The molecule has 0 unspecified atom stereocenters. The zero-order chi connectivity index (χ0) is 15.8. The molecular formula is C19H15NO3. The van der Waals surface area contributed by atoms with E-state index < -0.39 is 0 Å². The number of hydrogen-bond acceptors (Lipinski definition) is 4. The molecule has 0 saturated heterocycles. The lowest BCUT2D eigenvalue weighted by molar-refractivity contribution is -0.137. The highest BCUT2D eigenvalue weighted by Crippen LogP contribution is 2.39. The summed E-state index contributed by atoms with van der Waals surface area (Å²) in [6, 6.07) is 17.2. The van der Waals surface area contributed by atoms with Gasteiger partial charge in [0, 0.05) is 11.5 Å². The number of cyclic esters (lactones) is 1. The molecule has 0 aliphatic carbocycles. The SMILES string of the molecule is C[C@H]1CC(=O)OC(c2ccccc2)=C1c1nc2ccccc2o1. The third kappa shape index (κ3) is 2.42. The molecular weight excluding hydrogens is 290 g/mol. The summed E-state index contributed by atoms with van der Waals surface area (Å²) in [5.74, 6) is 0.821. The fraction of sp³-hybridized carbons (Fsp3) is 0.158. The normalized spacial score (nSPS) is 18.3. The lowest BCUT2D eigenvalue weighted by atomic mass is 9.92. The average Bonchev–Trinajstić information content (AvgIpc) is 2.98. The first kappa shape index (κ1) is 13.8. The van der Waals surface area contributed by atoms with Crippen molar-refractivity contribution in [2.75, 3.05) is 0 Å². The Labute approximate surface area is 133 Å². The number of para-hydroxylation sites is 2. The van der Waals surface area contributed by atoms with Crippen LogP contribution in [0.25, 0.3) is 22.4 Å². The van der Waals surface area contributed by atoms with Crippen molar-refractivity contribution < 1.29 is 13.9 Å². The minimum absolute atomic E-state index is 0.0143. The number of nitrogens with zero attached hydrogens (tertiary/aromatic N) is 1. The summed E-state index contributed by atoms with van der Waals surface area (Å²) in [5, 5.41) is 0. The van der Waals surface area contributed by atoms with Gasteiger partial charge in [0.1, 0.15) is 11.3 Å². The van der Waals surface area contributed by atoms with Gasteiger partial charge in [-0.15, -0.1) is 0 Å². The van der Waals surface area contributed by atoms with Crippen LogP contribution in [0.1, 0.15) is 24.8 Å². The van der Waals surface area contributed by atoms with Gasteiger partial charge >= 0.3 is 5.97 Å². The molecule has 23 heavy (non-hydrogen) atoms. The van der Waals surface area contributed by atoms with E-state index in [1.54, 1.807) is 0 Å². The number of ether oxygens (including phenoxy) is 1. The Morgan fingerprint density at radius 1 is 1.04 bits per heavy atom. The van der Waals surface area contributed by atoms with Gasteiger partial charge in [0.25, 0.3) is 0 Å². The summed E-state index contributed by atoms with van der Waals surface area (Å²) in [6.45, 7) is 1.99. The number of rotatable bonds is 2. The maximum Gasteiger partial charge on any atom is 0.311 e. The van der Waals surface area contributed by atoms with Gasteiger partial charge in [0.05, 0.1) is 12.0 Å². The molecule has 0 N–H and O–H groups in total. The summed E-state index contributed by atoms with van der Waals surface area (Å²) in [6.07, 6.45) is 0.324. The lowest BCUT2D eigenvalue weighted by Crippen LogP contribution is -2.18. The summed E-state index contributed by atoms with van der Waals surface area (Å²) in [4.78, 5) is 16.5. The van der Waals surface area contributed by atoms with Crippen LogP contribution >= 0.6 is 0 Å². The Morgan fingerprint density at radius 3 is 2.57 bits per heavy atom. The monoisotopic (exact) mass is 305 g/mol. The molecule has 0 bridgehead atoms. The largest absolute Gasteiger partial charge is 0.436 e. The number of benzene rings is 2. The van der Waals surface area contributed by atoms with Crippen LogP contribution in [0, 0.1) is 5.92 Å². The molecule has 2 heterocycles. The second kappa shape index (κ2) is 5.39. The van der Waals surface area contributed by atoms with E-state index >= 15 is 0 Å². The lowest BCUT2D eigenvalue weighted by Gasteiger charge is -2.23. The fourth-order valence-corrected chi connectivity index (χ4v) is 2.89. The van der Waals surface area contributed by atoms with E-state index in [9.17, 15) is 4.79 Å². The topological polar surface area (TPSA) is 52.3 Å². The third-order valence-electron chi connectivity index (χ3n) is 3.99. The molecule has 1 aliphatic rings. The van der Waals surface area contributed by atoms with Gasteiger partial charge in [-0.3, -0.25) is 4.79 Å². The molecule has 4 rings (SSSR count). The molecule has 1 aliphatic heterocycles. The predicted octanol–water partition coefficient (Wildman–Crippen LogP) is 4.28. The third-order valence-corrected chi connectivity index (χ3v) is 3.99. The Morgan fingerprint density at radius 2 is 1.78 bits per heavy atom. The van der Waals surface area contributed by atoms with E-state index in [4.69, 9.17) is 9.15 Å². The molecule has 1 aromatic heterocycles. The standard InChI is InChI=1S/C19H15NO3/c1-12-11-16(21)23-18(13-7-3-2-4-8-13)17(12)19-20-14-9-5-6-10-15(14)22-19/h2-10,12H,11H2,1H3/t12-/m0/s1. The van der Waals surface area contributed by atoms with Crippen LogP contribution in [0.2, 0.25) is 0 Å². The summed E-state index contributed by atoms with van der Waals surface area (Å²) < 4.78 is 11.5. The van der Waals surface area contributed by atoms with Gasteiger partial charge in [-0.2, -0.15) is 0 Å². The number of fused-ring (bicyclic) bond motifs is 1. The van der Waals surface area contributed by atoms with Crippen molar-refractivity contribution in [2.45, 2.75) is 13.3 Å². The quantitative estimate of drug-likeness (QED) is 0.663. The molecule has 4 heteroatoms. The van der Waals surface area contributed by atoms with E-state index in [1.165, 1.54) is 0 Å². The van der Waals surface area contributed by atoms with Crippen molar-refractivity contribution in [3.05, 3.63) is 66.1 Å². The zero-order valence-electron chi connectivity index (χ0n) is 12.7. The Kier molecular flexibility index (Phi) is 3.23. The molecule has 0 amide bonds. The first-order valence-electron chi connectivity index (χ1n) is 7.58. The summed E-state index contributed by atoms with van der Waals surface area (Å²) >= 11 is 0. The van der Waals surface area contributed by atoms with Crippen molar-refractivity contribution in [3.63, 3.8) is 0 Å². The number of oxazole rings is 1. The van der Waals surface area contributed by atoms with Crippen molar-refractivity contribution in [3.8, 4) is 0 Å². The molecule has 2 aromatic carbocycles. The van der Waals surface area contributed by atoms with Gasteiger partial charge in [0.15, 0.2) is 5.58 Å². The molecule has 0 fully saturated rings. The predicted molar refractivity (Wildman–Crippen MR) is 87.1 cm³/mol. The van der Waals surface area contributed by atoms with E-state index in [-0.39, 0.29) is 11.9 Å². The molecule has 0 spiro atoms.